The zero-order chi connectivity index (χ0) is 15.9. The van der Waals surface area contributed by atoms with Gasteiger partial charge in [0, 0.05) is 37.6 Å². The van der Waals surface area contributed by atoms with Crippen LogP contribution in [0.1, 0.15) is 51.9 Å². The number of amides is 3. The molecule has 1 saturated heterocycles. The smallest absolute Gasteiger partial charge is 0.317 e. The van der Waals surface area contributed by atoms with Gasteiger partial charge in [0.25, 0.3) is 0 Å². The van der Waals surface area contributed by atoms with Crippen molar-refractivity contribution >= 4 is 24.3 Å². The van der Waals surface area contributed by atoms with E-state index in [9.17, 15) is 9.59 Å². The molecule has 2 rings (SSSR count). The number of halogens is 1. The summed E-state index contributed by atoms with van der Waals surface area (Å²) in [6.07, 6.45) is 7.59. The summed E-state index contributed by atoms with van der Waals surface area (Å²) in [4.78, 5) is 26.0. The second kappa shape index (κ2) is 9.98. The molecule has 2 fully saturated rings. The second-order valence-electron chi connectivity index (χ2n) is 6.69. The Morgan fingerprint density at radius 2 is 1.61 bits per heavy atom. The zero-order valence-corrected chi connectivity index (χ0v) is 14.9. The van der Waals surface area contributed by atoms with Crippen molar-refractivity contribution in [3.05, 3.63) is 0 Å². The van der Waals surface area contributed by atoms with Crippen molar-refractivity contribution in [1.82, 2.24) is 15.5 Å². The van der Waals surface area contributed by atoms with E-state index in [1.54, 1.807) is 0 Å². The third-order valence-corrected chi connectivity index (χ3v) is 4.86. The van der Waals surface area contributed by atoms with Gasteiger partial charge in [0.05, 0.1) is 0 Å². The molecular weight excluding hydrogens is 316 g/mol. The number of carbonyl (C=O) groups is 2. The number of rotatable bonds is 4. The molecule has 3 amide bonds. The Morgan fingerprint density at radius 3 is 2.17 bits per heavy atom. The number of carbonyl (C=O) groups excluding carboxylic acids is 2. The van der Waals surface area contributed by atoms with Gasteiger partial charge in [-0.15, -0.1) is 12.4 Å². The zero-order valence-electron chi connectivity index (χ0n) is 14.1. The molecule has 0 radical (unpaired) electrons. The van der Waals surface area contributed by atoms with Crippen molar-refractivity contribution in [2.45, 2.75) is 64.0 Å². The van der Waals surface area contributed by atoms with E-state index in [1.807, 2.05) is 11.8 Å². The Bertz CT molecular complexity index is 380. The minimum absolute atomic E-state index is 0. The molecule has 1 atom stereocenters. The predicted molar refractivity (Wildman–Crippen MR) is 93.6 cm³/mol. The lowest BCUT2D eigenvalue weighted by Crippen LogP contribution is -2.52. The van der Waals surface area contributed by atoms with Crippen LogP contribution >= 0.6 is 12.4 Å². The van der Waals surface area contributed by atoms with E-state index in [4.69, 9.17) is 5.73 Å². The van der Waals surface area contributed by atoms with E-state index >= 15 is 0 Å². The molecule has 4 N–H and O–H groups in total. The first-order chi connectivity index (χ1) is 10.6. The van der Waals surface area contributed by atoms with Crippen molar-refractivity contribution in [2.24, 2.45) is 11.7 Å². The summed E-state index contributed by atoms with van der Waals surface area (Å²) in [5.74, 6) is -0.125. The summed E-state index contributed by atoms with van der Waals surface area (Å²) in [5.41, 5.74) is 5.51. The van der Waals surface area contributed by atoms with Gasteiger partial charge in [-0.2, -0.15) is 0 Å². The van der Waals surface area contributed by atoms with Gasteiger partial charge >= 0.3 is 6.03 Å². The van der Waals surface area contributed by atoms with E-state index < -0.39 is 0 Å². The van der Waals surface area contributed by atoms with Gasteiger partial charge in [0.15, 0.2) is 0 Å². The molecule has 1 aliphatic heterocycles. The molecule has 1 unspecified atom stereocenters. The summed E-state index contributed by atoms with van der Waals surface area (Å²) >= 11 is 0. The molecule has 2 aliphatic rings. The first-order valence-electron chi connectivity index (χ1n) is 8.66. The molecule has 7 heteroatoms. The van der Waals surface area contributed by atoms with Crippen LogP contribution in [0, 0.1) is 5.92 Å². The summed E-state index contributed by atoms with van der Waals surface area (Å²) < 4.78 is 0. The van der Waals surface area contributed by atoms with Gasteiger partial charge in [0.1, 0.15) is 0 Å². The van der Waals surface area contributed by atoms with E-state index in [-0.39, 0.29) is 36.3 Å². The number of urea groups is 1. The van der Waals surface area contributed by atoms with Crippen LogP contribution in [0.3, 0.4) is 0 Å². The Hall–Kier alpha value is -1.01. The van der Waals surface area contributed by atoms with E-state index in [2.05, 4.69) is 10.6 Å². The molecule has 23 heavy (non-hydrogen) atoms. The minimum Gasteiger partial charge on any atom is -0.353 e. The number of hydrogen-bond donors (Lipinski definition) is 3. The summed E-state index contributed by atoms with van der Waals surface area (Å²) in [6.45, 7) is 3.62. The number of piperidine rings is 1. The molecule has 1 heterocycles. The maximum Gasteiger partial charge on any atom is 0.317 e. The van der Waals surface area contributed by atoms with Gasteiger partial charge in [-0.25, -0.2) is 4.79 Å². The van der Waals surface area contributed by atoms with E-state index in [0.717, 1.165) is 25.7 Å². The average Bonchev–Trinajstić information content (AvgIpc) is 2.55. The molecule has 1 saturated carbocycles. The van der Waals surface area contributed by atoms with Crippen LogP contribution in [0.15, 0.2) is 0 Å². The van der Waals surface area contributed by atoms with E-state index in [0.29, 0.717) is 25.7 Å². The van der Waals surface area contributed by atoms with Crippen LogP contribution in [-0.2, 0) is 4.79 Å². The number of nitrogens with zero attached hydrogens (tertiary/aromatic N) is 1. The molecule has 0 spiro atoms. The Labute approximate surface area is 145 Å². The highest BCUT2D eigenvalue weighted by Gasteiger charge is 2.26. The molecule has 0 aromatic carbocycles. The maximum atomic E-state index is 12.3. The molecular formula is C16H31ClN4O2. The summed E-state index contributed by atoms with van der Waals surface area (Å²) in [6, 6.07) is 0.580. The highest BCUT2D eigenvalue weighted by Crippen LogP contribution is 2.18. The van der Waals surface area contributed by atoms with Crippen LogP contribution in [0.25, 0.3) is 0 Å². The number of nitrogens with two attached hydrogens (primary N) is 1. The van der Waals surface area contributed by atoms with Crippen LogP contribution in [-0.4, -0.2) is 48.6 Å². The molecule has 0 bridgehead atoms. The molecule has 0 aromatic heterocycles. The van der Waals surface area contributed by atoms with Gasteiger partial charge < -0.3 is 21.3 Å². The Kier molecular flexibility index (Phi) is 8.69. The first kappa shape index (κ1) is 20.0. The molecule has 134 valence electrons. The van der Waals surface area contributed by atoms with Crippen molar-refractivity contribution in [3.8, 4) is 0 Å². The summed E-state index contributed by atoms with van der Waals surface area (Å²) in [7, 11) is 0. The Balaban J connectivity index is 0.00000264. The van der Waals surface area contributed by atoms with Crippen LogP contribution in [0.5, 0.6) is 0 Å². The van der Waals surface area contributed by atoms with E-state index in [1.165, 1.54) is 19.3 Å². The lowest BCUT2D eigenvalue weighted by molar-refractivity contribution is -0.125. The standard InChI is InChI=1S/C16H30N4O2.ClH/c1-12(11-17)15(21)18-14-7-9-20(10-8-14)16(22)19-13-5-3-2-4-6-13;/h12-14H,2-11,17H2,1H3,(H,18,21)(H,19,22);1H. The van der Waals surface area contributed by atoms with Crippen molar-refractivity contribution in [3.63, 3.8) is 0 Å². The Morgan fingerprint density at radius 1 is 1.04 bits per heavy atom. The highest BCUT2D eigenvalue weighted by molar-refractivity contribution is 5.85. The third-order valence-electron chi connectivity index (χ3n) is 4.86. The van der Waals surface area contributed by atoms with Gasteiger partial charge in [-0.3, -0.25) is 4.79 Å². The summed E-state index contributed by atoms with van der Waals surface area (Å²) in [5, 5.41) is 6.19. The van der Waals surface area contributed by atoms with Crippen molar-refractivity contribution in [1.29, 1.82) is 0 Å². The van der Waals surface area contributed by atoms with Crippen molar-refractivity contribution < 1.29 is 9.59 Å². The largest absolute Gasteiger partial charge is 0.353 e. The maximum absolute atomic E-state index is 12.3. The normalized spacial score (nSPS) is 21.2. The topological polar surface area (TPSA) is 87.5 Å². The van der Waals surface area contributed by atoms with Crippen molar-refractivity contribution in [2.75, 3.05) is 19.6 Å². The van der Waals surface area contributed by atoms with Gasteiger partial charge in [-0.05, 0) is 25.7 Å². The first-order valence-corrected chi connectivity index (χ1v) is 8.66. The SMILES string of the molecule is CC(CN)C(=O)NC1CCN(C(=O)NC2CCCCC2)CC1.Cl. The molecule has 6 nitrogen and oxygen atoms in total. The van der Waals surface area contributed by atoms with Crippen LogP contribution in [0.2, 0.25) is 0 Å². The predicted octanol–water partition coefficient (Wildman–Crippen LogP) is 1.63. The van der Waals surface area contributed by atoms with Gasteiger partial charge in [0.2, 0.25) is 5.91 Å². The highest BCUT2D eigenvalue weighted by atomic mass is 35.5. The average molecular weight is 347 g/mol. The van der Waals surface area contributed by atoms with Gasteiger partial charge in [-0.1, -0.05) is 26.2 Å². The molecule has 0 aromatic rings. The lowest BCUT2D eigenvalue weighted by Gasteiger charge is -2.34. The number of likely N-dealkylation sites (tertiary alicyclic amines) is 1. The number of hydrogen-bond acceptors (Lipinski definition) is 3. The fourth-order valence-corrected chi connectivity index (χ4v) is 3.19. The fourth-order valence-electron chi connectivity index (χ4n) is 3.19. The van der Waals surface area contributed by atoms with Crippen LogP contribution < -0.4 is 16.4 Å². The van der Waals surface area contributed by atoms with Crippen LogP contribution in [0.4, 0.5) is 4.79 Å². The monoisotopic (exact) mass is 346 g/mol. The fraction of sp³-hybridized carbons (Fsp3) is 0.875. The minimum atomic E-state index is -0.146. The second-order valence-corrected chi connectivity index (χ2v) is 6.69. The lowest BCUT2D eigenvalue weighted by atomic mass is 9.95. The molecule has 1 aliphatic carbocycles. The quantitative estimate of drug-likeness (QED) is 0.723. The number of nitrogens with one attached hydrogen (secondary N) is 2. The third kappa shape index (κ3) is 6.18.